The van der Waals surface area contributed by atoms with E-state index in [2.05, 4.69) is 10.1 Å². The monoisotopic (exact) mass is 291 g/mol. The van der Waals surface area contributed by atoms with E-state index in [1.807, 2.05) is 0 Å². The molecular weight excluding hydrogens is 274 g/mol. The number of esters is 1. The zero-order valence-corrected chi connectivity index (χ0v) is 11.9. The van der Waals surface area contributed by atoms with Gasteiger partial charge in [-0.05, 0) is 37.0 Å². The van der Waals surface area contributed by atoms with Crippen molar-refractivity contribution in [2.24, 2.45) is 5.92 Å². The minimum absolute atomic E-state index is 0.00102. The third-order valence-corrected chi connectivity index (χ3v) is 3.55. The molecular formula is C15H17NO5. The number of carboxylic acids is 1. The average molecular weight is 291 g/mol. The number of aromatic carboxylic acids is 1. The molecule has 1 aromatic carbocycles. The molecule has 1 aliphatic rings. The van der Waals surface area contributed by atoms with Crippen LogP contribution in [0.3, 0.4) is 0 Å². The summed E-state index contributed by atoms with van der Waals surface area (Å²) in [5, 5.41) is 12.0. The van der Waals surface area contributed by atoms with Crippen LogP contribution in [0.25, 0.3) is 0 Å². The highest BCUT2D eigenvalue weighted by molar-refractivity contribution is 6.03. The highest BCUT2D eigenvalue weighted by Crippen LogP contribution is 2.29. The van der Waals surface area contributed by atoms with Gasteiger partial charge in [0.05, 0.1) is 18.2 Å². The topological polar surface area (TPSA) is 92.7 Å². The van der Waals surface area contributed by atoms with E-state index in [1.165, 1.54) is 13.2 Å². The lowest BCUT2D eigenvalue weighted by Gasteiger charge is -2.14. The number of ether oxygens (including phenoxy) is 1. The van der Waals surface area contributed by atoms with E-state index in [0.29, 0.717) is 5.56 Å². The predicted octanol–water partition coefficient (Wildman–Crippen LogP) is 1.51. The van der Waals surface area contributed by atoms with Crippen LogP contribution in [0, 0.1) is 12.8 Å². The third kappa shape index (κ3) is 3.21. The Morgan fingerprint density at radius 3 is 2.52 bits per heavy atom. The number of hydrogen-bond acceptors (Lipinski definition) is 4. The van der Waals surface area contributed by atoms with Gasteiger partial charge in [-0.2, -0.15) is 0 Å². The number of aryl methyl sites for hydroxylation is 1. The molecule has 0 spiro atoms. The lowest BCUT2D eigenvalue weighted by Crippen LogP contribution is -2.26. The van der Waals surface area contributed by atoms with Crippen molar-refractivity contribution in [1.82, 2.24) is 5.32 Å². The summed E-state index contributed by atoms with van der Waals surface area (Å²) in [6, 6.07) is 2.99. The van der Waals surface area contributed by atoms with Crippen molar-refractivity contribution in [3.05, 3.63) is 34.4 Å². The molecule has 6 nitrogen and oxygen atoms in total. The summed E-state index contributed by atoms with van der Waals surface area (Å²) < 4.78 is 4.67. The fraction of sp³-hybridized carbons (Fsp3) is 0.400. The van der Waals surface area contributed by atoms with Gasteiger partial charge in [-0.25, -0.2) is 9.59 Å². The number of benzene rings is 1. The standard InChI is InChI=1S/C15H17NO5/c1-8-3-6-10(14(18)19)12(15(20)21-2)11(8)7-16-13(17)9-4-5-9/h3,6,9H,4-5,7H2,1-2H3,(H,16,17)(H,18,19). The lowest BCUT2D eigenvalue weighted by atomic mass is 9.96. The quantitative estimate of drug-likeness (QED) is 0.802. The van der Waals surface area contributed by atoms with E-state index in [0.717, 1.165) is 18.4 Å². The summed E-state index contributed by atoms with van der Waals surface area (Å²) in [7, 11) is 1.20. The summed E-state index contributed by atoms with van der Waals surface area (Å²) in [5.74, 6) is -1.93. The van der Waals surface area contributed by atoms with Crippen molar-refractivity contribution in [3.63, 3.8) is 0 Å². The number of carbonyl (C=O) groups is 3. The molecule has 21 heavy (non-hydrogen) atoms. The first kappa shape index (κ1) is 15.0. The molecule has 0 bridgehead atoms. The fourth-order valence-electron chi connectivity index (χ4n) is 2.16. The number of carbonyl (C=O) groups excluding carboxylic acids is 2. The van der Waals surface area contributed by atoms with Crippen molar-refractivity contribution in [1.29, 1.82) is 0 Å². The number of methoxy groups -OCH3 is 1. The first-order valence-electron chi connectivity index (χ1n) is 6.67. The Balaban J connectivity index is 2.36. The van der Waals surface area contributed by atoms with Gasteiger partial charge in [0.15, 0.2) is 0 Å². The van der Waals surface area contributed by atoms with Crippen LogP contribution in [0.15, 0.2) is 12.1 Å². The first-order chi connectivity index (χ1) is 9.95. The molecule has 2 rings (SSSR count). The molecule has 6 heteroatoms. The van der Waals surface area contributed by atoms with E-state index in [9.17, 15) is 19.5 Å². The number of amides is 1. The van der Waals surface area contributed by atoms with E-state index in [4.69, 9.17) is 0 Å². The zero-order chi connectivity index (χ0) is 15.6. The number of hydrogen-bond donors (Lipinski definition) is 2. The largest absolute Gasteiger partial charge is 0.478 e. The fourth-order valence-corrected chi connectivity index (χ4v) is 2.16. The van der Waals surface area contributed by atoms with E-state index < -0.39 is 11.9 Å². The van der Waals surface area contributed by atoms with Gasteiger partial charge in [0, 0.05) is 12.5 Å². The highest BCUT2D eigenvalue weighted by atomic mass is 16.5. The Bertz CT molecular complexity index is 604. The maximum atomic E-state index is 11.9. The van der Waals surface area contributed by atoms with Crippen molar-refractivity contribution in [2.75, 3.05) is 7.11 Å². The summed E-state index contributed by atoms with van der Waals surface area (Å²) in [4.78, 5) is 34.9. The second kappa shape index (κ2) is 5.95. The van der Waals surface area contributed by atoms with E-state index in [-0.39, 0.29) is 29.5 Å². The molecule has 0 heterocycles. The molecule has 1 aromatic rings. The van der Waals surface area contributed by atoms with Crippen LogP contribution in [-0.4, -0.2) is 30.1 Å². The number of nitrogens with one attached hydrogen (secondary N) is 1. The molecule has 0 radical (unpaired) electrons. The van der Waals surface area contributed by atoms with Gasteiger partial charge >= 0.3 is 11.9 Å². The zero-order valence-electron chi connectivity index (χ0n) is 11.9. The van der Waals surface area contributed by atoms with Crippen molar-refractivity contribution < 1.29 is 24.2 Å². The molecule has 112 valence electrons. The van der Waals surface area contributed by atoms with Gasteiger partial charge < -0.3 is 15.2 Å². The van der Waals surface area contributed by atoms with Gasteiger partial charge in [-0.1, -0.05) is 6.07 Å². The third-order valence-electron chi connectivity index (χ3n) is 3.55. The highest BCUT2D eigenvalue weighted by Gasteiger charge is 2.30. The van der Waals surface area contributed by atoms with Gasteiger partial charge in [-0.15, -0.1) is 0 Å². The predicted molar refractivity (Wildman–Crippen MR) is 74.0 cm³/mol. The Morgan fingerprint density at radius 2 is 2.00 bits per heavy atom. The minimum atomic E-state index is -1.20. The Morgan fingerprint density at radius 1 is 1.33 bits per heavy atom. The van der Waals surface area contributed by atoms with E-state index >= 15 is 0 Å². The molecule has 0 unspecified atom stereocenters. The molecule has 1 aliphatic carbocycles. The molecule has 1 amide bonds. The molecule has 0 atom stereocenters. The Labute approximate surface area is 122 Å². The molecule has 0 aromatic heterocycles. The van der Waals surface area contributed by atoms with E-state index in [1.54, 1.807) is 13.0 Å². The Hall–Kier alpha value is -2.37. The smallest absolute Gasteiger partial charge is 0.339 e. The maximum Gasteiger partial charge on any atom is 0.339 e. The van der Waals surface area contributed by atoms with Crippen LogP contribution in [0.2, 0.25) is 0 Å². The Kier molecular flexibility index (Phi) is 4.26. The van der Waals surface area contributed by atoms with Gasteiger partial charge in [0.25, 0.3) is 0 Å². The van der Waals surface area contributed by atoms with Gasteiger partial charge in [0.2, 0.25) is 5.91 Å². The lowest BCUT2D eigenvalue weighted by molar-refractivity contribution is -0.122. The number of carboxylic acid groups (broad SMARTS) is 1. The molecule has 1 fully saturated rings. The molecule has 2 N–H and O–H groups in total. The van der Waals surface area contributed by atoms with Crippen LogP contribution in [0.4, 0.5) is 0 Å². The summed E-state index contributed by atoms with van der Waals surface area (Å²) in [5.41, 5.74) is 1.09. The van der Waals surface area contributed by atoms with Crippen LogP contribution in [0.1, 0.15) is 44.7 Å². The van der Waals surface area contributed by atoms with Gasteiger partial charge in [-0.3, -0.25) is 4.79 Å². The second-order valence-corrected chi connectivity index (χ2v) is 5.07. The summed E-state index contributed by atoms with van der Waals surface area (Å²) in [6.45, 7) is 1.88. The molecule has 1 saturated carbocycles. The summed E-state index contributed by atoms with van der Waals surface area (Å²) in [6.07, 6.45) is 1.76. The van der Waals surface area contributed by atoms with Crippen molar-refractivity contribution >= 4 is 17.8 Å². The minimum Gasteiger partial charge on any atom is -0.478 e. The number of rotatable bonds is 5. The normalized spacial score (nSPS) is 13.6. The second-order valence-electron chi connectivity index (χ2n) is 5.07. The molecule has 0 saturated heterocycles. The molecule has 0 aliphatic heterocycles. The van der Waals surface area contributed by atoms with Crippen LogP contribution in [-0.2, 0) is 16.1 Å². The van der Waals surface area contributed by atoms with Crippen molar-refractivity contribution in [2.45, 2.75) is 26.3 Å². The van der Waals surface area contributed by atoms with Crippen LogP contribution < -0.4 is 5.32 Å². The summed E-state index contributed by atoms with van der Waals surface area (Å²) >= 11 is 0. The van der Waals surface area contributed by atoms with Gasteiger partial charge in [0.1, 0.15) is 0 Å². The van der Waals surface area contributed by atoms with Crippen LogP contribution in [0.5, 0.6) is 0 Å². The first-order valence-corrected chi connectivity index (χ1v) is 6.67. The maximum absolute atomic E-state index is 11.9. The van der Waals surface area contributed by atoms with Crippen molar-refractivity contribution in [3.8, 4) is 0 Å². The SMILES string of the molecule is COC(=O)c1c(C(=O)O)ccc(C)c1CNC(=O)C1CC1. The average Bonchev–Trinajstić information content (AvgIpc) is 3.28. The van der Waals surface area contributed by atoms with Crippen LogP contribution >= 0.6 is 0 Å².